The molecule has 2 aromatic carbocycles. The summed E-state index contributed by atoms with van der Waals surface area (Å²) in [5.74, 6) is -1.99. The predicted molar refractivity (Wildman–Crippen MR) is 111 cm³/mol. The lowest BCUT2D eigenvalue weighted by molar-refractivity contribution is 0.0699. The van der Waals surface area contributed by atoms with Crippen molar-refractivity contribution in [2.75, 3.05) is 0 Å². The Balaban J connectivity index is 1.91. The van der Waals surface area contributed by atoms with Crippen LogP contribution < -0.4 is 0 Å². The zero-order chi connectivity index (χ0) is 21.7. The van der Waals surface area contributed by atoms with Crippen molar-refractivity contribution < 1.29 is 18.7 Å². The van der Waals surface area contributed by atoms with Gasteiger partial charge in [0.25, 0.3) is 0 Å². The van der Waals surface area contributed by atoms with Crippen LogP contribution >= 0.6 is 0 Å². The summed E-state index contributed by atoms with van der Waals surface area (Å²) in [5.41, 5.74) is 2.34. The lowest BCUT2D eigenvalue weighted by atomic mass is 10.0. The van der Waals surface area contributed by atoms with Crippen LogP contribution in [0, 0.1) is 18.6 Å². The maximum Gasteiger partial charge on any atom is 0.337 e. The van der Waals surface area contributed by atoms with E-state index < -0.39 is 17.6 Å². The molecule has 3 aromatic heterocycles. The lowest BCUT2D eigenvalue weighted by Gasteiger charge is -2.12. The maximum absolute atomic E-state index is 14.8. The molecule has 5 rings (SSSR count). The fraction of sp³-hybridized carbons (Fsp3) is 0.0435. The highest BCUT2D eigenvalue weighted by Crippen LogP contribution is 2.33. The van der Waals surface area contributed by atoms with E-state index in [-0.39, 0.29) is 22.0 Å². The smallest absolute Gasteiger partial charge is 0.337 e. The molecule has 0 spiro atoms. The van der Waals surface area contributed by atoms with Crippen molar-refractivity contribution >= 4 is 27.9 Å². The van der Waals surface area contributed by atoms with Crippen LogP contribution in [0.25, 0.3) is 38.8 Å². The Bertz CT molecular complexity index is 1500. The van der Waals surface area contributed by atoms with Gasteiger partial charge in [0, 0.05) is 18.6 Å². The van der Waals surface area contributed by atoms with E-state index in [9.17, 15) is 18.7 Å². The van der Waals surface area contributed by atoms with Gasteiger partial charge in [-0.25, -0.2) is 18.6 Å². The van der Waals surface area contributed by atoms with E-state index in [1.807, 2.05) is 0 Å². The van der Waals surface area contributed by atoms with Crippen LogP contribution in [0.5, 0.6) is 0 Å². The summed E-state index contributed by atoms with van der Waals surface area (Å²) in [6.07, 6.45) is 4.60. The molecule has 0 saturated heterocycles. The SMILES string of the molecule is Cc1nc2c(C(=O)O)cc(-c3ccncc3)cc2n1-c1ccnc2c(F)ccc(F)c12. The molecule has 3 heterocycles. The van der Waals surface area contributed by atoms with Crippen LogP contribution in [0.3, 0.4) is 0 Å². The van der Waals surface area contributed by atoms with Crippen LogP contribution in [0.1, 0.15) is 16.2 Å². The molecule has 0 radical (unpaired) electrons. The average Bonchev–Trinajstić information content (AvgIpc) is 3.11. The number of aryl methyl sites for hydroxylation is 1. The number of benzene rings is 2. The highest BCUT2D eigenvalue weighted by atomic mass is 19.1. The molecule has 0 aliphatic heterocycles. The molecular formula is C23H14F2N4O2. The highest BCUT2D eigenvalue weighted by Gasteiger charge is 2.21. The second-order valence-electron chi connectivity index (χ2n) is 7.01. The number of carbonyl (C=O) groups is 1. The molecule has 152 valence electrons. The quantitative estimate of drug-likeness (QED) is 0.452. The maximum atomic E-state index is 14.8. The number of fused-ring (bicyclic) bond motifs is 2. The van der Waals surface area contributed by atoms with E-state index in [0.29, 0.717) is 22.6 Å². The Morgan fingerprint density at radius 1 is 0.935 bits per heavy atom. The summed E-state index contributed by atoms with van der Waals surface area (Å²) in [5, 5.41) is 9.79. The summed E-state index contributed by atoms with van der Waals surface area (Å²) in [7, 11) is 0. The van der Waals surface area contributed by atoms with E-state index in [1.54, 1.807) is 54.2 Å². The monoisotopic (exact) mass is 416 g/mol. The van der Waals surface area contributed by atoms with Crippen LogP contribution in [-0.4, -0.2) is 30.6 Å². The van der Waals surface area contributed by atoms with Crippen molar-refractivity contribution in [2.24, 2.45) is 0 Å². The first-order chi connectivity index (χ1) is 15.0. The topological polar surface area (TPSA) is 80.9 Å². The third-order valence-electron chi connectivity index (χ3n) is 5.18. The van der Waals surface area contributed by atoms with Crippen LogP contribution in [0.4, 0.5) is 8.78 Å². The summed E-state index contributed by atoms with van der Waals surface area (Å²) in [6.45, 7) is 1.68. The Kier molecular flexibility index (Phi) is 4.21. The molecule has 0 aliphatic rings. The van der Waals surface area contributed by atoms with E-state index in [4.69, 9.17) is 0 Å². The van der Waals surface area contributed by atoms with Gasteiger partial charge in [-0.15, -0.1) is 0 Å². The van der Waals surface area contributed by atoms with Crippen LogP contribution in [0.15, 0.2) is 61.1 Å². The molecule has 0 aliphatic carbocycles. The average molecular weight is 416 g/mol. The fourth-order valence-electron chi connectivity index (χ4n) is 3.83. The molecule has 0 atom stereocenters. The zero-order valence-electron chi connectivity index (χ0n) is 16.2. The Labute approximate surface area is 174 Å². The van der Waals surface area contributed by atoms with Gasteiger partial charge in [0.15, 0.2) is 0 Å². The van der Waals surface area contributed by atoms with Crippen LogP contribution in [0.2, 0.25) is 0 Å². The van der Waals surface area contributed by atoms with Crippen molar-refractivity contribution in [2.45, 2.75) is 6.92 Å². The Hall–Kier alpha value is -4.20. The number of hydrogen-bond acceptors (Lipinski definition) is 4. The molecule has 0 unspecified atom stereocenters. The van der Waals surface area contributed by atoms with Gasteiger partial charge in [0.2, 0.25) is 0 Å². The number of hydrogen-bond donors (Lipinski definition) is 1. The summed E-state index contributed by atoms with van der Waals surface area (Å²) >= 11 is 0. The number of aromatic nitrogens is 4. The van der Waals surface area contributed by atoms with Gasteiger partial charge in [-0.05, 0) is 60.5 Å². The number of pyridine rings is 2. The summed E-state index contributed by atoms with van der Waals surface area (Å²) in [6, 6.07) is 10.5. The minimum absolute atomic E-state index is 0.00362. The highest BCUT2D eigenvalue weighted by molar-refractivity contribution is 6.04. The minimum Gasteiger partial charge on any atom is -0.478 e. The van der Waals surface area contributed by atoms with E-state index in [2.05, 4.69) is 15.0 Å². The van der Waals surface area contributed by atoms with Gasteiger partial charge >= 0.3 is 5.97 Å². The van der Waals surface area contributed by atoms with Crippen molar-refractivity contribution in [3.8, 4) is 16.8 Å². The standard InChI is InChI=1S/C23H14F2N4O2/c1-12-28-21-15(23(30)31)10-14(13-4-7-26-8-5-13)11-19(21)29(12)18-6-9-27-22-17(25)3-2-16(24)20(18)22/h2-11H,1H3,(H,30,31). The van der Waals surface area contributed by atoms with E-state index in [1.165, 1.54) is 6.20 Å². The molecule has 0 bridgehead atoms. The summed E-state index contributed by atoms with van der Waals surface area (Å²) in [4.78, 5) is 24.4. The Morgan fingerprint density at radius 3 is 2.42 bits per heavy atom. The molecule has 5 aromatic rings. The number of aromatic carboxylic acids is 1. The number of halogens is 2. The largest absolute Gasteiger partial charge is 0.478 e. The number of carboxylic acids is 1. The van der Waals surface area contributed by atoms with Gasteiger partial charge in [-0.1, -0.05) is 0 Å². The second-order valence-corrected chi connectivity index (χ2v) is 7.01. The second kappa shape index (κ2) is 6.94. The molecule has 1 N–H and O–H groups in total. The minimum atomic E-state index is -1.14. The number of nitrogens with zero attached hydrogens (tertiary/aromatic N) is 4. The van der Waals surface area contributed by atoms with Gasteiger partial charge in [0.05, 0.1) is 22.2 Å². The van der Waals surface area contributed by atoms with Gasteiger partial charge in [0.1, 0.15) is 28.5 Å². The van der Waals surface area contributed by atoms with Gasteiger partial charge in [-0.3, -0.25) is 14.5 Å². The number of carboxylic acid groups (broad SMARTS) is 1. The first-order valence-corrected chi connectivity index (χ1v) is 9.35. The fourth-order valence-corrected chi connectivity index (χ4v) is 3.83. The van der Waals surface area contributed by atoms with Crippen molar-refractivity contribution in [1.82, 2.24) is 19.5 Å². The first-order valence-electron chi connectivity index (χ1n) is 9.35. The molecule has 6 nitrogen and oxygen atoms in total. The van der Waals surface area contributed by atoms with Crippen molar-refractivity contribution in [3.05, 3.63) is 84.1 Å². The summed E-state index contributed by atoms with van der Waals surface area (Å²) < 4.78 is 30.7. The number of imidazole rings is 1. The van der Waals surface area contributed by atoms with Gasteiger partial charge in [-0.2, -0.15) is 0 Å². The van der Waals surface area contributed by atoms with E-state index in [0.717, 1.165) is 17.7 Å². The molecule has 8 heteroatoms. The first kappa shape index (κ1) is 18.8. The van der Waals surface area contributed by atoms with Crippen LogP contribution in [-0.2, 0) is 0 Å². The molecule has 31 heavy (non-hydrogen) atoms. The molecule has 0 amide bonds. The third kappa shape index (κ3) is 2.92. The van der Waals surface area contributed by atoms with Crippen molar-refractivity contribution in [1.29, 1.82) is 0 Å². The van der Waals surface area contributed by atoms with Crippen molar-refractivity contribution in [3.63, 3.8) is 0 Å². The lowest BCUT2D eigenvalue weighted by Crippen LogP contribution is -2.02. The van der Waals surface area contributed by atoms with Gasteiger partial charge < -0.3 is 5.11 Å². The zero-order valence-corrected chi connectivity index (χ0v) is 16.2. The molecule has 0 fully saturated rings. The third-order valence-corrected chi connectivity index (χ3v) is 5.18. The Morgan fingerprint density at radius 2 is 1.68 bits per heavy atom. The van der Waals surface area contributed by atoms with E-state index >= 15 is 0 Å². The number of rotatable bonds is 3. The molecular weight excluding hydrogens is 402 g/mol. The molecule has 0 saturated carbocycles. The normalized spacial score (nSPS) is 11.3. The predicted octanol–water partition coefficient (Wildman–Crippen LogP) is 4.92.